The highest BCUT2D eigenvalue weighted by Gasteiger charge is 2.27. The largest absolute Gasteiger partial charge is 0.396 e. The highest BCUT2D eigenvalue weighted by Crippen LogP contribution is 2.19. The highest BCUT2D eigenvalue weighted by molar-refractivity contribution is 5.25. The van der Waals surface area contributed by atoms with Crippen molar-refractivity contribution >= 4 is 0 Å². The summed E-state index contributed by atoms with van der Waals surface area (Å²) in [5.41, 5.74) is 3.68. The lowest BCUT2D eigenvalue weighted by atomic mass is 10.0. The van der Waals surface area contributed by atoms with E-state index in [1.807, 2.05) is 6.07 Å². The molecule has 0 bridgehead atoms. The zero-order valence-electron chi connectivity index (χ0n) is 13.7. The molecule has 2 aromatic rings. The third-order valence-corrected chi connectivity index (χ3v) is 4.66. The van der Waals surface area contributed by atoms with E-state index in [1.165, 1.54) is 11.1 Å². The van der Waals surface area contributed by atoms with Gasteiger partial charge >= 0.3 is 0 Å². The SMILES string of the molecule is Cc1ccccc1CN1CCN(Cc2ccon2)C[C@@H]1CCO. The fourth-order valence-electron chi connectivity index (χ4n) is 3.29. The summed E-state index contributed by atoms with van der Waals surface area (Å²) in [4.78, 5) is 4.89. The summed E-state index contributed by atoms with van der Waals surface area (Å²) in [5, 5.41) is 13.4. The Morgan fingerprint density at radius 1 is 1.22 bits per heavy atom. The van der Waals surface area contributed by atoms with Crippen LogP contribution < -0.4 is 0 Å². The van der Waals surface area contributed by atoms with E-state index >= 15 is 0 Å². The van der Waals surface area contributed by atoms with E-state index in [9.17, 15) is 5.11 Å². The molecule has 1 aliphatic heterocycles. The standard InChI is InChI=1S/C18H25N3O2/c1-15-4-2-3-5-16(15)12-21-9-8-20(14-18(21)6-10-22)13-17-7-11-23-19-17/h2-5,7,11,18,22H,6,8-10,12-14H2,1H3/t18-/m0/s1. The van der Waals surface area contributed by atoms with Crippen LogP contribution in [0.25, 0.3) is 0 Å². The molecule has 0 aliphatic carbocycles. The van der Waals surface area contributed by atoms with E-state index in [2.05, 4.69) is 46.1 Å². The second kappa shape index (κ2) is 7.73. The highest BCUT2D eigenvalue weighted by atomic mass is 16.5. The molecule has 23 heavy (non-hydrogen) atoms. The zero-order valence-corrected chi connectivity index (χ0v) is 13.7. The third-order valence-electron chi connectivity index (χ3n) is 4.66. The van der Waals surface area contributed by atoms with Gasteiger partial charge in [0.25, 0.3) is 0 Å². The summed E-state index contributed by atoms with van der Waals surface area (Å²) in [5.74, 6) is 0. The third kappa shape index (κ3) is 4.19. The van der Waals surface area contributed by atoms with E-state index in [-0.39, 0.29) is 6.61 Å². The summed E-state index contributed by atoms with van der Waals surface area (Å²) in [6.45, 7) is 7.15. The Labute approximate surface area is 137 Å². The summed E-state index contributed by atoms with van der Waals surface area (Å²) >= 11 is 0. The predicted molar refractivity (Wildman–Crippen MR) is 88.9 cm³/mol. The van der Waals surface area contributed by atoms with Gasteiger partial charge in [-0.1, -0.05) is 29.4 Å². The minimum atomic E-state index is 0.229. The Morgan fingerprint density at radius 2 is 2.09 bits per heavy atom. The van der Waals surface area contributed by atoms with Gasteiger partial charge in [0.2, 0.25) is 0 Å². The molecule has 124 valence electrons. The van der Waals surface area contributed by atoms with Crippen molar-refractivity contribution in [1.82, 2.24) is 15.0 Å². The van der Waals surface area contributed by atoms with Crippen LogP contribution >= 0.6 is 0 Å². The van der Waals surface area contributed by atoms with Crippen molar-refractivity contribution in [3.05, 3.63) is 53.4 Å². The van der Waals surface area contributed by atoms with E-state index in [1.54, 1.807) is 6.26 Å². The van der Waals surface area contributed by atoms with Crippen molar-refractivity contribution in [2.75, 3.05) is 26.2 Å². The van der Waals surface area contributed by atoms with Crippen molar-refractivity contribution in [2.45, 2.75) is 32.5 Å². The summed E-state index contributed by atoms with van der Waals surface area (Å²) in [7, 11) is 0. The number of rotatable bonds is 6. The fraction of sp³-hybridized carbons (Fsp3) is 0.500. The summed E-state index contributed by atoms with van der Waals surface area (Å²) in [6.07, 6.45) is 2.43. The number of aryl methyl sites for hydroxylation is 1. The van der Waals surface area contributed by atoms with E-state index in [0.29, 0.717) is 6.04 Å². The molecule has 1 saturated heterocycles. The molecule has 1 N–H and O–H groups in total. The van der Waals surface area contributed by atoms with Gasteiger partial charge in [0.1, 0.15) is 6.26 Å². The maximum absolute atomic E-state index is 9.43. The van der Waals surface area contributed by atoms with Gasteiger partial charge in [-0.25, -0.2) is 0 Å². The molecule has 1 fully saturated rings. The maximum atomic E-state index is 9.43. The molecule has 0 saturated carbocycles. The molecule has 5 nitrogen and oxygen atoms in total. The minimum Gasteiger partial charge on any atom is -0.396 e. The van der Waals surface area contributed by atoms with Gasteiger partial charge in [-0.2, -0.15) is 0 Å². The van der Waals surface area contributed by atoms with Crippen LogP contribution in [0.4, 0.5) is 0 Å². The van der Waals surface area contributed by atoms with Gasteiger partial charge < -0.3 is 9.63 Å². The van der Waals surface area contributed by atoms with Gasteiger partial charge in [-0.05, 0) is 24.5 Å². The number of hydrogen-bond donors (Lipinski definition) is 1. The first-order valence-corrected chi connectivity index (χ1v) is 8.27. The molecular formula is C18H25N3O2. The van der Waals surface area contributed by atoms with Gasteiger partial charge in [0.05, 0.1) is 5.69 Å². The van der Waals surface area contributed by atoms with Gasteiger partial charge in [-0.3, -0.25) is 9.80 Å². The number of aliphatic hydroxyl groups excluding tert-OH is 1. The Morgan fingerprint density at radius 3 is 2.83 bits per heavy atom. The van der Waals surface area contributed by atoms with Crippen molar-refractivity contribution < 1.29 is 9.63 Å². The molecule has 1 atom stereocenters. The lowest BCUT2D eigenvalue weighted by Crippen LogP contribution is -2.52. The maximum Gasteiger partial charge on any atom is 0.124 e. The first-order chi connectivity index (χ1) is 11.3. The smallest absolute Gasteiger partial charge is 0.124 e. The molecule has 0 amide bonds. The Hall–Kier alpha value is -1.69. The van der Waals surface area contributed by atoms with E-state index < -0.39 is 0 Å². The summed E-state index contributed by atoms with van der Waals surface area (Å²) < 4.78 is 4.92. The van der Waals surface area contributed by atoms with Crippen LogP contribution in [0.2, 0.25) is 0 Å². The minimum absolute atomic E-state index is 0.229. The Bertz CT molecular complexity index is 600. The van der Waals surface area contributed by atoms with E-state index in [4.69, 9.17) is 4.52 Å². The molecule has 0 radical (unpaired) electrons. The quantitative estimate of drug-likeness (QED) is 0.884. The molecule has 0 spiro atoms. The molecule has 1 aromatic carbocycles. The van der Waals surface area contributed by atoms with Crippen molar-refractivity contribution in [3.63, 3.8) is 0 Å². The molecular weight excluding hydrogens is 290 g/mol. The van der Waals surface area contributed by atoms with Crippen molar-refractivity contribution in [1.29, 1.82) is 0 Å². The second-order valence-electron chi connectivity index (χ2n) is 6.29. The Kier molecular flexibility index (Phi) is 5.43. The van der Waals surface area contributed by atoms with Crippen molar-refractivity contribution in [2.24, 2.45) is 0 Å². The number of nitrogens with zero attached hydrogens (tertiary/aromatic N) is 3. The monoisotopic (exact) mass is 315 g/mol. The van der Waals surface area contributed by atoms with Crippen molar-refractivity contribution in [3.8, 4) is 0 Å². The molecule has 5 heteroatoms. The topological polar surface area (TPSA) is 52.7 Å². The fourth-order valence-corrected chi connectivity index (χ4v) is 3.29. The van der Waals surface area contributed by atoms with Crippen LogP contribution in [-0.2, 0) is 13.1 Å². The average molecular weight is 315 g/mol. The van der Waals surface area contributed by atoms with Crippen LogP contribution in [0, 0.1) is 6.92 Å². The molecule has 2 heterocycles. The zero-order chi connectivity index (χ0) is 16.1. The molecule has 1 aliphatic rings. The molecule has 1 aromatic heterocycles. The predicted octanol–water partition coefficient (Wildman–Crippen LogP) is 2.05. The van der Waals surface area contributed by atoms with Crippen LogP contribution in [0.1, 0.15) is 23.2 Å². The lowest BCUT2D eigenvalue weighted by molar-refractivity contribution is 0.0488. The molecule has 0 unspecified atom stereocenters. The summed E-state index contributed by atoms with van der Waals surface area (Å²) in [6, 6.07) is 10.8. The van der Waals surface area contributed by atoms with Crippen LogP contribution in [-0.4, -0.2) is 52.3 Å². The average Bonchev–Trinajstić information content (AvgIpc) is 3.05. The van der Waals surface area contributed by atoms with Crippen LogP contribution in [0.3, 0.4) is 0 Å². The van der Waals surface area contributed by atoms with Crippen LogP contribution in [0.5, 0.6) is 0 Å². The van der Waals surface area contributed by atoms with Gasteiger partial charge in [0.15, 0.2) is 0 Å². The first-order valence-electron chi connectivity index (χ1n) is 8.27. The van der Waals surface area contributed by atoms with Gasteiger partial charge in [-0.15, -0.1) is 0 Å². The van der Waals surface area contributed by atoms with E-state index in [0.717, 1.165) is 44.8 Å². The number of aromatic nitrogens is 1. The number of benzene rings is 1. The number of aliphatic hydroxyl groups is 1. The number of piperazine rings is 1. The Balaban J connectivity index is 1.64. The lowest BCUT2D eigenvalue weighted by Gasteiger charge is -2.41. The first kappa shape index (κ1) is 16.2. The van der Waals surface area contributed by atoms with Gasteiger partial charge in [0, 0.05) is 51.4 Å². The van der Waals surface area contributed by atoms with Crippen LogP contribution in [0.15, 0.2) is 41.1 Å². The molecule has 3 rings (SSSR count). The second-order valence-corrected chi connectivity index (χ2v) is 6.29. The normalized spacial score (nSPS) is 20.0. The number of hydrogen-bond acceptors (Lipinski definition) is 5.